The van der Waals surface area contributed by atoms with Crippen molar-refractivity contribution in [3.63, 3.8) is 0 Å². The van der Waals surface area contributed by atoms with Crippen LogP contribution in [0.5, 0.6) is 5.75 Å². The lowest BCUT2D eigenvalue weighted by Gasteiger charge is -2.25. The number of anilines is 1. The van der Waals surface area contributed by atoms with Gasteiger partial charge in [0, 0.05) is 18.4 Å². The minimum Gasteiger partial charge on any atom is -0.475 e. The number of amides is 1. The van der Waals surface area contributed by atoms with Gasteiger partial charge in [-0.15, -0.1) is 0 Å². The average molecular weight is 296 g/mol. The van der Waals surface area contributed by atoms with Crippen LogP contribution in [0.3, 0.4) is 0 Å². The smallest absolute Gasteiger partial charge is 0.268 e. The van der Waals surface area contributed by atoms with Gasteiger partial charge < -0.3 is 10.1 Å². The summed E-state index contributed by atoms with van der Waals surface area (Å²) in [4.78, 5) is 23.3. The molecule has 1 saturated carbocycles. The molecule has 1 heterocycles. The van der Waals surface area contributed by atoms with Crippen LogP contribution in [-0.2, 0) is 4.79 Å². The van der Waals surface area contributed by atoms with Gasteiger partial charge in [0.25, 0.3) is 5.91 Å². The molecular weight excluding hydrogens is 286 g/mol. The lowest BCUT2D eigenvalue weighted by molar-refractivity contribution is -0.125. The molecule has 3 rings (SSSR count). The molecule has 1 aliphatic carbocycles. The van der Waals surface area contributed by atoms with E-state index in [-0.39, 0.29) is 17.0 Å². The fourth-order valence-electron chi connectivity index (χ4n) is 1.90. The van der Waals surface area contributed by atoms with Crippen molar-refractivity contribution in [2.24, 2.45) is 0 Å². The highest BCUT2D eigenvalue weighted by Crippen LogP contribution is 2.46. The number of fused-ring (bicyclic) bond motifs is 1. The molecule has 0 bridgehead atoms. The molecule has 5 heteroatoms. The van der Waals surface area contributed by atoms with Crippen LogP contribution >= 0.6 is 15.9 Å². The third-order valence-corrected chi connectivity index (χ3v) is 3.61. The van der Waals surface area contributed by atoms with E-state index < -0.39 is 5.60 Å². The van der Waals surface area contributed by atoms with Crippen molar-refractivity contribution in [3.8, 4) is 5.75 Å². The Hall–Kier alpha value is -1.36. The molecule has 4 nitrogen and oxygen atoms in total. The fraction of sp³-hybridized carbons (Fsp3) is 0.333. The minimum atomic E-state index is -0.664. The van der Waals surface area contributed by atoms with Gasteiger partial charge in [-0.25, -0.2) is 0 Å². The Balaban J connectivity index is 1.98. The zero-order chi connectivity index (χ0) is 12.0. The molecule has 0 radical (unpaired) electrons. The first-order valence-corrected chi connectivity index (χ1v) is 6.50. The summed E-state index contributed by atoms with van der Waals surface area (Å²) in [6, 6.07) is 5.09. The first-order valence-electron chi connectivity index (χ1n) is 5.38. The number of ether oxygens (including phenoxy) is 1. The van der Waals surface area contributed by atoms with Gasteiger partial charge in [-0.3, -0.25) is 9.59 Å². The van der Waals surface area contributed by atoms with Crippen molar-refractivity contribution >= 4 is 33.3 Å². The molecule has 1 spiro atoms. The van der Waals surface area contributed by atoms with Crippen LogP contribution in [0, 0.1) is 0 Å². The number of alkyl halides is 1. The van der Waals surface area contributed by atoms with Gasteiger partial charge in [-0.1, -0.05) is 15.9 Å². The first-order chi connectivity index (χ1) is 8.14. The Morgan fingerprint density at radius 3 is 2.88 bits per heavy atom. The summed E-state index contributed by atoms with van der Waals surface area (Å²) in [7, 11) is 0. The molecule has 2 aliphatic rings. The van der Waals surface area contributed by atoms with Crippen molar-refractivity contribution in [1.29, 1.82) is 0 Å². The summed E-state index contributed by atoms with van der Waals surface area (Å²) in [5.41, 5.74) is 0.564. The van der Waals surface area contributed by atoms with Crippen molar-refractivity contribution in [1.82, 2.24) is 0 Å². The Kier molecular flexibility index (Phi) is 2.26. The monoisotopic (exact) mass is 295 g/mol. The Labute approximate surface area is 106 Å². The van der Waals surface area contributed by atoms with E-state index in [1.54, 1.807) is 18.2 Å². The van der Waals surface area contributed by atoms with Gasteiger partial charge in [0.1, 0.15) is 5.75 Å². The number of hydrogen-bond acceptors (Lipinski definition) is 3. The standard InChI is InChI=1S/C12H10BrNO3/c13-6-9(15)7-1-2-8-10(5-7)17-12(3-4-12)11(16)14-8/h1-2,5H,3-4,6H2,(H,14,16). The number of carbonyl (C=O) groups is 2. The van der Waals surface area contributed by atoms with Crippen LogP contribution < -0.4 is 10.1 Å². The van der Waals surface area contributed by atoms with E-state index in [9.17, 15) is 9.59 Å². The molecule has 1 aliphatic heterocycles. The third-order valence-electron chi connectivity index (χ3n) is 3.10. The highest BCUT2D eigenvalue weighted by molar-refractivity contribution is 9.09. The van der Waals surface area contributed by atoms with Crippen molar-refractivity contribution in [2.45, 2.75) is 18.4 Å². The lowest BCUT2D eigenvalue weighted by atomic mass is 10.1. The minimum absolute atomic E-state index is 0.00172. The second-order valence-corrected chi connectivity index (χ2v) is 4.88. The van der Waals surface area contributed by atoms with Gasteiger partial charge in [0.05, 0.1) is 11.0 Å². The van der Waals surface area contributed by atoms with Gasteiger partial charge in [0.2, 0.25) is 0 Å². The molecule has 88 valence electrons. The van der Waals surface area contributed by atoms with E-state index in [1.807, 2.05) is 0 Å². The number of rotatable bonds is 2. The molecule has 1 aromatic rings. The number of ketones is 1. The number of halogens is 1. The van der Waals surface area contributed by atoms with Gasteiger partial charge in [0.15, 0.2) is 11.4 Å². The highest BCUT2D eigenvalue weighted by Gasteiger charge is 2.55. The van der Waals surface area contributed by atoms with Crippen molar-refractivity contribution < 1.29 is 14.3 Å². The lowest BCUT2D eigenvalue weighted by Crippen LogP contribution is -2.39. The zero-order valence-corrected chi connectivity index (χ0v) is 10.5. The van der Waals surface area contributed by atoms with E-state index in [0.29, 0.717) is 17.0 Å². The summed E-state index contributed by atoms with van der Waals surface area (Å²) < 4.78 is 5.70. The Morgan fingerprint density at radius 2 is 2.24 bits per heavy atom. The maximum absolute atomic E-state index is 11.7. The summed E-state index contributed by atoms with van der Waals surface area (Å²) >= 11 is 3.13. The van der Waals surface area contributed by atoms with E-state index in [0.717, 1.165) is 12.8 Å². The number of benzene rings is 1. The molecule has 0 saturated heterocycles. The van der Waals surface area contributed by atoms with Gasteiger partial charge in [-0.05, 0) is 18.2 Å². The molecule has 0 atom stereocenters. The molecule has 1 aromatic carbocycles. The number of Topliss-reactive ketones (excluding diaryl/α,β-unsaturated/α-hetero) is 1. The maximum atomic E-state index is 11.7. The van der Waals surface area contributed by atoms with Gasteiger partial charge >= 0.3 is 0 Å². The summed E-state index contributed by atoms with van der Waals surface area (Å²) in [6.07, 6.45) is 1.49. The van der Waals surface area contributed by atoms with Crippen LogP contribution in [0.1, 0.15) is 23.2 Å². The number of hydrogen-bond donors (Lipinski definition) is 1. The molecule has 0 aromatic heterocycles. The SMILES string of the molecule is O=C(CBr)c1ccc2c(c1)OC1(CC1)C(=O)N2. The van der Waals surface area contributed by atoms with E-state index in [4.69, 9.17) is 4.74 Å². The summed E-state index contributed by atoms with van der Waals surface area (Å²) in [5.74, 6) is 0.511. The third kappa shape index (κ3) is 1.65. The predicted molar refractivity (Wildman–Crippen MR) is 65.8 cm³/mol. The molecule has 1 fully saturated rings. The summed E-state index contributed by atoms with van der Waals surface area (Å²) in [5, 5.41) is 3.09. The Bertz CT molecular complexity index is 522. The second-order valence-electron chi connectivity index (χ2n) is 4.32. The maximum Gasteiger partial charge on any atom is 0.268 e. The van der Waals surface area contributed by atoms with E-state index in [2.05, 4.69) is 21.2 Å². The fourth-order valence-corrected chi connectivity index (χ4v) is 2.22. The summed E-state index contributed by atoms with van der Waals surface area (Å²) in [6.45, 7) is 0. The highest BCUT2D eigenvalue weighted by atomic mass is 79.9. The van der Waals surface area contributed by atoms with Crippen LogP contribution in [-0.4, -0.2) is 22.6 Å². The molecule has 17 heavy (non-hydrogen) atoms. The number of nitrogens with one attached hydrogen (secondary N) is 1. The largest absolute Gasteiger partial charge is 0.475 e. The van der Waals surface area contributed by atoms with Crippen molar-refractivity contribution in [2.75, 3.05) is 10.6 Å². The first kappa shape index (κ1) is 10.8. The number of carbonyl (C=O) groups excluding carboxylic acids is 2. The van der Waals surface area contributed by atoms with Crippen molar-refractivity contribution in [3.05, 3.63) is 23.8 Å². The zero-order valence-electron chi connectivity index (χ0n) is 8.96. The van der Waals surface area contributed by atoms with E-state index in [1.165, 1.54) is 0 Å². The van der Waals surface area contributed by atoms with Crippen LogP contribution in [0.2, 0.25) is 0 Å². The van der Waals surface area contributed by atoms with Crippen LogP contribution in [0.15, 0.2) is 18.2 Å². The van der Waals surface area contributed by atoms with Crippen LogP contribution in [0.25, 0.3) is 0 Å². The van der Waals surface area contributed by atoms with Crippen LogP contribution in [0.4, 0.5) is 5.69 Å². The van der Waals surface area contributed by atoms with E-state index >= 15 is 0 Å². The molecule has 1 N–H and O–H groups in total. The second kappa shape index (κ2) is 3.57. The molecule has 0 unspecified atom stereocenters. The molecular formula is C12H10BrNO3. The molecule has 1 amide bonds. The quantitative estimate of drug-likeness (QED) is 0.672. The Morgan fingerprint density at radius 1 is 1.47 bits per heavy atom. The average Bonchev–Trinajstić information content (AvgIpc) is 3.10. The van der Waals surface area contributed by atoms with Gasteiger partial charge in [-0.2, -0.15) is 0 Å². The topological polar surface area (TPSA) is 55.4 Å². The predicted octanol–water partition coefficient (Wildman–Crippen LogP) is 2.13. The normalized spacial score (nSPS) is 19.2.